The van der Waals surface area contributed by atoms with E-state index in [1.165, 1.54) is 11.1 Å². The number of hydrogen-bond donors (Lipinski definition) is 2. The van der Waals surface area contributed by atoms with Crippen molar-refractivity contribution in [2.45, 2.75) is 44.7 Å². The van der Waals surface area contributed by atoms with Crippen LogP contribution in [-0.4, -0.2) is 24.5 Å². The molecule has 1 amide bonds. The molecule has 2 aliphatic carbocycles. The summed E-state index contributed by atoms with van der Waals surface area (Å²) in [7, 11) is 0. The highest BCUT2D eigenvalue weighted by Crippen LogP contribution is 2.41. The number of benzene rings is 1. The highest BCUT2D eigenvalue weighted by molar-refractivity contribution is 5.79. The van der Waals surface area contributed by atoms with E-state index >= 15 is 0 Å². The van der Waals surface area contributed by atoms with Gasteiger partial charge in [-0.25, -0.2) is 0 Å². The lowest BCUT2D eigenvalue weighted by atomic mass is 9.88. The van der Waals surface area contributed by atoms with Gasteiger partial charge < -0.3 is 10.6 Å². The van der Waals surface area contributed by atoms with Crippen molar-refractivity contribution in [1.82, 2.24) is 10.6 Å². The minimum atomic E-state index is 0.259. The summed E-state index contributed by atoms with van der Waals surface area (Å²) in [6.07, 6.45) is 4.21. The van der Waals surface area contributed by atoms with Crippen LogP contribution >= 0.6 is 0 Å². The average molecular weight is 284 g/mol. The van der Waals surface area contributed by atoms with Crippen LogP contribution in [0.15, 0.2) is 24.3 Å². The molecule has 1 aromatic rings. The van der Waals surface area contributed by atoms with Crippen LogP contribution < -0.4 is 10.6 Å². The second-order valence-corrected chi connectivity index (χ2v) is 7.20. The molecule has 2 fully saturated rings. The number of carbonyl (C=O) groups excluding carboxylic acids is 1. The van der Waals surface area contributed by atoms with Crippen LogP contribution in [0.3, 0.4) is 0 Å². The molecule has 0 bridgehead atoms. The van der Waals surface area contributed by atoms with Crippen molar-refractivity contribution in [3.05, 3.63) is 35.4 Å². The predicted octanol–water partition coefficient (Wildman–Crippen LogP) is 1.90. The van der Waals surface area contributed by atoms with Crippen LogP contribution in [0.1, 0.15) is 30.9 Å². The number of nitrogens with one attached hydrogen (secondary N) is 2. The third-order valence-corrected chi connectivity index (χ3v) is 5.88. The Morgan fingerprint density at radius 3 is 2.62 bits per heavy atom. The normalized spacial score (nSPS) is 34.8. The van der Waals surface area contributed by atoms with E-state index in [1.54, 1.807) is 0 Å². The Balaban J connectivity index is 1.36. The summed E-state index contributed by atoms with van der Waals surface area (Å²) < 4.78 is 0. The molecule has 1 saturated heterocycles. The molecule has 0 unspecified atom stereocenters. The van der Waals surface area contributed by atoms with Crippen molar-refractivity contribution in [1.29, 1.82) is 0 Å². The number of amides is 1. The fourth-order valence-electron chi connectivity index (χ4n) is 4.77. The number of hydrogen-bond acceptors (Lipinski definition) is 2. The van der Waals surface area contributed by atoms with E-state index in [0.29, 0.717) is 23.9 Å². The highest BCUT2D eigenvalue weighted by Gasteiger charge is 2.46. The lowest BCUT2D eigenvalue weighted by Crippen LogP contribution is -2.37. The van der Waals surface area contributed by atoms with Crippen molar-refractivity contribution >= 4 is 5.91 Å². The summed E-state index contributed by atoms with van der Waals surface area (Å²) >= 11 is 0. The van der Waals surface area contributed by atoms with Crippen LogP contribution in [0.2, 0.25) is 0 Å². The minimum absolute atomic E-state index is 0.259. The molecule has 4 rings (SSSR count). The summed E-state index contributed by atoms with van der Waals surface area (Å²) in [5.41, 5.74) is 3.01. The largest absolute Gasteiger partial charge is 0.353 e. The van der Waals surface area contributed by atoms with Crippen LogP contribution in [-0.2, 0) is 17.6 Å². The van der Waals surface area contributed by atoms with Gasteiger partial charge in [-0.3, -0.25) is 4.79 Å². The Labute approximate surface area is 126 Å². The summed E-state index contributed by atoms with van der Waals surface area (Å²) in [6.45, 7) is 3.41. The van der Waals surface area contributed by atoms with E-state index in [0.717, 1.165) is 38.1 Å². The van der Waals surface area contributed by atoms with E-state index in [9.17, 15) is 4.79 Å². The first-order valence-electron chi connectivity index (χ1n) is 8.30. The molecule has 0 aromatic heterocycles. The topological polar surface area (TPSA) is 41.1 Å². The van der Waals surface area contributed by atoms with Gasteiger partial charge in [0.1, 0.15) is 0 Å². The molecule has 1 saturated carbocycles. The Kier molecular flexibility index (Phi) is 3.26. The molecular formula is C18H24N2O. The van der Waals surface area contributed by atoms with Gasteiger partial charge in [-0.15, -0.1) is 0 Å². The smallest absolute Gasteiger partial charge is 0.220 e. The molecule has 1 aliphatic heterocycles. The quantitative estimate of drug-likeness (QED) is 0.890. The second kappa shape index (κ2) is 5.13. The molecule has 1 aromatic carbocycles. The Morgan fingerprint density at radius 1 is 1.19 bits per heavy atom. The maximum absolute atomic E-state index is 11.6. The first kappa shape index (κ1) is 13.3. The molecule has 0 radical (unpaired) electrons. The molecule has 3 aliphatic rings. The number of carbonyl (C=O) groups is 1. The van der Waals surface area contributed by atoms with Gasteiger partial charge >= 0.3 is 0 Å². The first-order valence-corrected chi connectivity index (χ1v) is 8.30. The van der Waals surface area contributed by atoms with Crippen molar-refractivity contribution in [3.63, 3.8) is 0 Å². The van der Waals surface area contributed by atoms with Gasteiger partial charge in [0, 0.05) is 18.5 Å². The maximum atomic E-state index is 11.6. The summed E-state index contributed by atoms with van der Waals surface area (Å²) in [6, 6.07) is 9.82. The standard InChI is InChI=1S/C18H24N2O/c1-11-6-17-15(9-18(21)20-17)16(11)10-19-14-7-12-4-2-3-5-13(12)8-14/h2-5,11,14-17,19H,6-10H2,1H3,(H,20,21)/t11-,15-,16+,17+/m0/s1. The molecule has 3 heteroatoms. The fraction of sp³-hybridized carbons (Fsp3) is 0.611. The number of rotatable bonds is 3. The Hall–Kier alpha value is -1.35. The Bertz CT molecular complexity index is 531. The maximum Gasteiger partial charge on any atom is 0.220 e. The first-order chi connectivity index (χ1) is 10.2. The molecule has 4 atom stereocenters. The van der Waals surface area contributed by atoms with Crippen LogP contribution in [0.25, 0.3) is 0 Å². The molecule has 2 N–H and O–H groups in total. The van der Waals surface area contributed by atoms with Crippen molar-refractivity contribution < 1.29 is 4.79 Å². The van der Waals surface area contributed by atoms with E-state index in [-0.39, 0.29) is 5.91 Å². The van der Waals surface area contributed by atoms with Crippen molar-refractivity contribution in [2.75, 3.05) is 6.54 Å². The molecule has 0 spiro atoms. The summed E-state index contributed by atoms with van der Waals surface area (Å²) in [5.74, 6) is 2.19. The third-order valence-electron chi connectivity index (χ3n) is 5.88. The molecule has 21 heavy (non-hydrogen) atoms. The Morgan fingerprint density at radius 2 is 1.90 bits per heavy atom. The van der Waals surface area contributed by atoms with Gasteiger partial charge in [-0.1, -0.05) is 31.2 Å². The SMILES string of the molecule is C[C@H]1C[C@H]2NC(=O)C[C@H]2[C@@H]1CNC1Cc2ccccc2C1. The molecular weight excluding hydrogens is 260 g/mol. The van der Waals surface area contributed by atoms with Crippen LogP contribution in [0, 0.1) is 17.8 Å². The van der Waals surface area contributed by atoms with E-state index in [2.05, 4.69) is 41.8 Å². The van der Waals surface area contributed by atoms with Crippen molar-refractivity contribution in [3.8, 4) is 0 Å². The van der Waals surface area contributed by atoms with Gasteiger partial charge in [0.15, 0.2) is 0 Å². The second-order valence-electron chi connectivity index (χ2n) is 7.20. The lowest BCUT2D eigenvalue weighted by Gasteiger charge is -2.23. The lowest BCUT2D eigenvalue weighted by molar-refractivity contribution is -0.119. The third kappa shape index (κ3) is 2.38. The van der Waals surface area contributed by atoms with E-state index in [4.69, 9.17) is 0 Å². The highest BCUT2D eigenvalue weighted by atomic mass is 16.2. The zero-order chi connectivity index (χ0) is 14.4. The zero-order valence-electron chi connectivity index (χ0n) is 12.6. The average Bonchev–Trinajstić information content (AvgIpc) is 3.09. The van der Waals surface area contributed by atoms with Gasteiger partial charge in [0.2, 0.25) is 5.91 Å². The van der Waals surface area contributed by atoms with Gasteiger partial charge in [-0.2, -0.15) is 0 Å². The van der Waals surface area contributed by atoms with E-state index < -0.39 is 0 Å². The van der Waals surface area contributed by atoms with Crippen LogP contribution in [0.5, 0.6) is 0 Å². The molecule has 112 valence electrons. The monoisotopic (exact) mass is 284 g/mol. The fourth-order valence-corrected chi connectivity index (χ4v) is 4.77. The molecule has 3 nitrogen and oxygen atoms in total. The molecule has 1 heterocycles. The van der Waals surface area contributed by atoms with Gasteiger partial charge in [0.05, 0.1) is 0 Å². The van der Waals surface area contributed by atoms with Crippen LogP contribution in [0.4, 0.5) is 0 Å². The minimum Gasteiger partial charge on any atom is -0.353 e. The summed E-state index contributed by atoms with van der Waals surface area (Å²) in [4.78, 5) is 11.6. The van der Waals surface area contributed by atoms with Crippen molar-refractivity contribution in [2.24, 2.45) is 17.8 Å². The number of fused-ring (bicyclic) bond motifs is 2. The zero-order valence-corrected chi connectivity index (χ0v) is 12.6. The summed E-state index contributed by atoms with van der Waals surface area (Å²) in [5, 5.41) is 6.94. The van der Waals surface area contributed by atoms with Gasteiger partial charge in [0.25, 0.3) is 0 Å². The van der Waals surface area contributed by atoms with E-state index in [1.807, 2.05) is 0 Å². The predicted molar refractivity (Wildman–Crippen MR) is 82.9 cm³/mol. The van der Waals surface area contributed by atoms with Gasteiger partial charge in [-0.05, 0) is 54.7 Å².